The van der Waals surface area contributed by atoms with E-state index < -0.39 is 6.10 Å². The Morgan fingerprint density at radius 1 is 1.00 bits per heavy atom. The van der Waals surface area contributed by atoms with Gasteiger partial charge in [-0.3, -0.25) is 4.79 Å². The standard InChI is InChI=1S/C21H23N3O5/c1-14(28-18-11-9-17(27-4)10-12-18)21(25)24(2)13-19-22-20(23-29-19)15-5-7-16(26-3)8-6-15/h5-12,14H,13H2,1-4H3/t14-/m0/s1. The fraction of sp³-hybridized carbons (Fsp3) is 0.286. The molecule has 0 aliphatic heterocycles. The summed E-state index contributed by atoms with van der Waals surface area (Å²) in [5.74, 6) is 2.63. The highest BCUT2D eigenvalue weighted by atomic mass is 16.5. The van der Waals surface area contributed by atoms with Crippen LogP contribution in [0.4, 0.5) is 0 Å². The van der Waals surface area contributed by atoms with Crippen molar-refractivity contribution in [1.29, 1.82) is 0 Å². The van der Waals surface area contributed by atoms with Gasteiger partial charge in [-0.15, -0.1) is 0 Å². The van der Waals surface area contributed by atoms with Crippen LogP contribution in [0.2, 0.25) is 0 Å². The van der Waals surface area contributed by atoms with Crippen LogP contribution in [0.15, 0.2) is 53.1 Å². The predicted molar refractivity (Wildman–Crippen MR) is 106 cm³/mol. The van der Waals surface area contributed by atoms with Crippen LogP contribution in [-0.2, 0) is 11.3 Å². The third-order valence-corrected chi connectivity index (χ3v) is 4.29. The highest BCUT2D eigenvalue weighted by molar-refractivity contribution is 5.80. The van der Waals surface area contributed by atoms with Crippen LogP contribution in [0.1, 0.15) is 12.8 Å². The molecule has 1 amide bonds. The smallest absolute Gasteiger partial charge is 0.263 e. The third-order valence-electron chi connectivity index (χ3n) is 4.29. The molecule has 8 nitrogen and oxygen atoms in total. The van der Waals surface area contributed by atoms with E-state index in [1.165, 1.54) is 4.90 Å². The van der Waals surface area contributed by atoms with Gasteiger partial charge in [0, 0.05) is 12.6 Å². The van der Waals surface area contributed by atoms with E-state index in [0.29, 0.717) is 17.5 Å². The van der Waals surface area contributed by atoms with Crippen LogP contribution in [0.5, 0.6) is 17.2 Å². The molecule has 0 aliphatic carbocycles. The van der Waals surface area contributed by atoms with Crippen LogP contribution < -0.4 is 14.2 Å². The molecule has 0 saturated heterocycles. The van der Waals surface area contributed by atoms with E-state index in [0.717, 1.165) is 17.1 Å². The van der Waals surface area contributed by atoms with Crippen molar-refractivity contribution in [1.82, 2.24) is 15.0 Å². The molecule has 2 aromatic carbocycles. The van der Waals surface area contributed by atoms with Crippen LogP contribution in [-0.4, -0.2) is 48.3 Å². The van der Waals surface area contributed by atoms with Gasteiger partial charge in [0.1, 0.15) is 17.2 Å². The number of hydrogen-bond donors (Lipinski definition) is 0. The molecule has 0 bridgehead atoms. The average Bonchev–Trinajstić information content (AvgIpc) is 3.22. The molecule has 8 heteroatoms. The van der Waals surface area contributed by atoms with E-state index in [4.69, 9.17) is 18.7 Å². The Bertz CT molecular complexity index is 938. The molecular weight excluding hydrogens is 374 g/mol. The zero-order valence-electron chi connectivity index (χ0n) is 16.8. The maximum Gasteiger partial charge on any atom is 0.263 e. The highest BCUT2D eigenvalue weighted by Gasteiger charge is 2.21. The second kappa shape index (κ2) is 9.09. The quantitative estimate of drug-likeness (QED) is 0.577. The van der Waals surface area contributed by atoms with Crippen molar-refractivity contribution in [3.05, 3.63) is 54.4 Å². The molecule has 0 fully saturated rings. The van der Waals surface area contributed by atoms with Crippen molar-refractivity contribution >= 4 is 5.91 Å². The van der Waals surface area contributed by atoms with Gasteiger partial charge in [0.2, 0.25) is 11.7 Å². The van der Waals surface area contributed by atoms with E-state index in [2.05, 4.69) is 10.1 Å². The summed E-state index contributed by atoms with van der Waals surface area (Å²) in [7, 11) is 4.86. The molecule has 0 spiro atoms. The summed E-state index contributed by atoms with van der Waals surface area (Å²) in [6.07, 6.45) is -0.669. The number of rotatable bonds is 8. The average molecular weight is 397 g/mol. The van der Waals surface area contributed by atoms with Gasteiger partial charge in [-0.1, -0.05) is 5.16 Å². The molecule has 0 radical (unpaired) electrons. The SMILES string of the molecule is COc1ccc(O[C@@H](C)C(=O)N(C)Cc2nc(-c3ccc(OC)cc3)no2)cc1. The summed E-state index contributed by atoms with van der Waals surface area (Å²) >= 11 is 0. The lowest BCUT2D eigenvalue weighted by Gasteiger charge is -2.20. The fourth-order valence-electron chi connectivity index (χ4n) is 2.68. The van der Waals surface area contributed by atoms with Gasteiger partial charge >= 0.3 is 0 Å². The Hall–Kier alpha value is -3.55. The molecule has 0 saturated carbocycles. The number of hydrogen-bond acceptors (Lipinski definition) is 7. The Labute approximate surface area is 169 Å². The molecule has 0 aliphatic rings. The van der Waals surface area contributed by atoms with Crippen LogP contribution in [0, 0.1) is 0 Å². The summed E-state index contributed by atoms with van der Waals surface area (Å²) in [4.78, 5) is 18.4. The normalized spacial score (nSPS) is 11.6. The number of carbonyl (C=O) groups excluding carboxylic acids is 1. The summed E-state index contributed by atoms with van der Waals surface area (Å²) in [5.41, 5.74) is 0.797. The minimum Gasteiger partial charge on any atom is -0.497 e. The van der Waals surface area contributed by atoms with E-state index >= 15 is 0 Å². The Balaban J connectivity index is 1.59. The Morgan fingerprint density at radius 3 is 2.14 bits per heavy atom. The molecule has 3 aromatic rings. The van der Waals surface area contributed by atoms with Crippen molar-refractivity contribution < 1.29 is 23.5 Å². The largest absolute Gasteiger partial charge is 0.497 e. The highest BCUT2D eigenvalue weighted by Crippen LogP contribution is 2.21. The number of benzene rings is 2. The lowest BCUT2D eigenvalue weighted by Crippen LogP contribution is -2.37. The van der Waals surface area contributed by atoms with E-state index in [9.17, 15) is 4.79 Å². The van der Waals surface area contributed by atoms with E-state index in [-0.39, 0.29) is 12.5 Å². The van der Waals surface area contributed by atoms with Gasteiger partial charge < -0.3 is 23.6 Å². The maximum atomic E-state index is 12.6. The second-order valence-corrected chi connectivity index (χ2v) is 6.37. The topological polar surface area (TPSA) is 86.9 Å². The lowest BCUT2D eigenvalue weighted by atomic mass is 10.2. The number of amides is 1. The van der Waals surface area contributed by atoms with Gasteiger partial charge in [-0.05, 0) is 55.5 Å². The molecule has 1 aromatic heterocycles. The number of aromatic nitrogens is 2. The van der Waals surface area contributed by atoms with Gasteiger partial charge in [-0.2, -0.15) is 4.98 Å². The van der Waals surface area contributed by atoms with Crippen LogP contribution >= 0.6 is 0 Å². The first-order chi connectivity index (χ1) is 14.0. The Kier molecular flexibility index (Phi) is 6.33. The molecule has 1 atom stereocenters. The van der Waals surface area contributed by atoms with Crippen molar-refractivity contribution in [3.8, 4) is 28.6 Å². The number of likely N-dealkylation sites (N-methyl/N-ethyl adjacent to an activating group) is 1. The van der Waals surface area contributed by atoms with Gasteiger partial charge in [0.25, 0.3) is 5.91 Å². The number of nitrogens with zero attached hydrogens (tertiary/aromatic N) is 3. The van der Waals surface area contributed by atoms with Crippen LogP contribution in [0.25, 0.3) is 11.4 Å². The minimum atomic E-state index is -0.669. The number of carbonyl (C=O) groups is 1. The molecule has 29 heavy (non-hydrogen) atoms. The summed E-state index contributed by atoms with van der Waals surface area (Å²) in [5, 5.41) is 3.98. The summed E-state index contributed by atoms with van der Waals surface area (Å²) in [6, 6.07) is 14.4. The lowest BCUT2D eigenvalue weighted by molar-refractivity contribution is -0.137. The van der Waals surface area contributed by atoms with Crippen LogP contribution in [0.3, 0.4) is 0 Å². The molecule has 3 rings (SSSR count). The molecule has 1 heterocycles. The first-order valence-corrected chi connectivity index (χ1v) is 9.03. The Morgan fingerprint density at radius 2 is 1.55 bits per heavy atom. The zero-order chi connectivity index (χ0) is 20.8. The van der Waals surface area contributed by atoms with E-state index in [1.54, 1.807) is 52.5 Å². The molecular formula is C21H23N3O5. The maximum absolute atomic E-state index is 12.6. The first kappa shape index (κ1) is 20.2. The van der Waals surface area contributed by atoms with Crippen molar-refractivity contribution in [2.45, 2.75) is 19.6 Å². The number of methoxy groups -OCH3 is 2. The van der Waals surface area contributed by atoms with Gasteiger partial charge in [0.15, 0.2) is 6.10 Å². The predicted octanol–water partition coefficient (Wildman–Crippen LogP) is 3.18. The zero-order valence-corrected chi connectivity index (χ0v) is 16.8. The monoisotopic (exact) mass is 397 g/mol. The number of ether oxygens (including phenoxy) is 3. The summed E-state index contributed by atoms with van der Waals surface area (Å²) < 4.78 is 21.2. The first-order valence-electron chi connectivity index (χ1n) is 9.03. The van der Waals surface area contributed by atoms with Gasteiger partial charge in [0.05, 0.1) is 20.8 Å². The minimum absolute atomic E-state index is 0.179. The molecule has 0 unspecified atom stereocenters. The molecule has 0 N–H and O–H groups in total. The van der Waals surface area contributed by atoms with Crippen molar-refractivity contribution in [2.24, 2.45) is 0 Å². The summed E-state index contributed by atoms with van der Waals surface area (Å²) in [6.45, 7) is 1.87. The van der Waals surface area contributed by atoms with Crippen molar-refractivity contribution in [3.63, 3.8) is 0 Å². The second-order valence-electron chi connectivity index (χ2n) is 6.37. The fourth-order valence-corrected chi connectivity index (χ4v) is 2.68. The van der Waals surface area contributed by atoms with Crippen molar-refractivity contribution in [2.75, 3.05) is 21.3 Å². The molecule has 152 valence electrons. The van der Waals surface area contributed by atoms with E-state index in [1.807, 2.05) is 24.3 Å². The third kappa shape index (κ3) is 5.04. The van der Waals surface area contributed by atoms with Gasteiger partial charge in [-0.25, -0.2) is 0 Å².